The van der Waals surface area contributed by atoms with Crippen LogP contribution in [0.15, 0.2) is 36.0 Å². The number of nitrogens with one attached hydrogen (secondary N) is 2. The van der Waals surface area contributed by atoms with E-state index < -0.39 is 0 Å². The topological polar surface area (TPSA) is 68.7 Å². The fourth-order valence-corrected chi connectivity index (χ4v) is 1.65. The minimum atomic E-state index is -0.377. The van der Waals surface area contributed by atoms with Crippen LogP contribution in [0.5, 0.6) is 0 Å². The maximum absolute atomic E-state index is 11.4. The van der Waals surface area contributed by atoms with Gasteiger partial charge in [-0.25, -0.2) is 0 Å². The third-order valence-electron chi connectivity index (χ3n) is 2.51. The van der Waals surface area contributed by atoms with Crippen LogP contribution in [0, 0.1) is 11.3 Å². The highest BCUT2D eigenvalue weighted by molar-refractivity contribution is 6.03. The summed E-state index contributed by atoms with van der Waals surface area (Å²) in [6.07, 6.45) is 3.36. The lowest BCUT2D eigenvalue weighted by Crippen LogP contribution is -2.19. The molecule has 4 nitrogen and oxygen atoms in total. The number of benzene rings is 1. The smallest absolute Gasteiger partial charge is 0.261 e. The molecule has 0 aliphatic heterocycles. The van der Waals surface area contributed by atoms with E-state index in [-0.39, 0.29) is 11.5 Å². The molecule has 2 N–H and O–H groups in total. The number of aromatic amines is 1. The van der Waals surface area contributed by atoms with E-state index in [1.54, 1.807) is 12.3 Å². The summed E-state index contributed by atoms with van der Waals surface area (Å²) in [7, 11) is 1.50. The molecule has 0 bridgehead atoms. The van der Waals surface area contributed by atoms with Crippen LogP contribution in [0.2, 0.25) is 0 Å². The molecule has 0 fully saturated rings. The van der Waals surface area contributed by atoms with E-state index >= 15 is 0 Å². The molecule has 0 radical (unpaired) electrons. The molecule has 0 spiro atoms. The number of hydrogen-bond donors (Lipinski definition) is 2. The summed E-state index contributed by atoms with van der Waals surface area (Å²) in [5, 5.41) is 12.3. The zero-order chi connectivity index (χ0) is 12.3. The van der Waals surface area contributed by atoms with E-state index in [4.69, 9.17) is 5.26 Å². The van der Waals surface area contributed by atoms with Crippen molar-refractivity contribution in [1.29, 1.82) is 5.26 Å². The Labute approximate surface area is 98.6 Å². The molecule has 2 rings (SSSR count). The SMILES string of the molecule is CNC(=O)C(C#N)=Cc1c[nH]c2ccccc12. The number of nitrogens with zero attached hydrogens (tertiary/aromatic N) is 1. The van der Waals surface area contributed by atoms with E-state index in [1.165, 1.54) is 7.05 Å². The van der Waals surface area contributed by atoms with Gasteiger partial charge in [0.05, 0.1) is 0 Å². The van der Waals surface area contributed by atoms with Gasteiger partial charge in [0.2, 0.25) is 0 Å². The average Bonchev–Trinajstić information content (AvgIpc) is 2.78. The van der Waals surface area contributed by atoms with Gasteiger partial charge in [-0.1, -0.05) is 18.2 Å². The van der Waals surface area contributed by atoms with Crippen molar-refractivity contribution in [3.05, 3.63) is 41.6 Å². The Morgan fingerprint density at radius 3 is 2.94 bits per heavy atom. The molecule has 4 heteroatoms. The molecule has 0 saturated heterocycles. The van der Waals surface area contributed by atoms with Crippen LogP contribution >= 0.6 is 0 Å². The first kappa shape index (κ1) is 11.0. The van der Waals surface area contributed by atoms with Gasteiger partial charge >= 0.3 is 0 Å². The van der Waals surface area contributed by atoms with Crippen LogP contribution in [0.1, 0.15) is 5.56 Å². The predicted octanol–water partition coefficient (Wildman–Crippen LogP) is 1.82. The van der Waals surface area contributed by atoms with Crippen LogP contribution in [0.3, 0.4) is 0 Å². The largest absolute Gasteiger partial charge is 0.361 e. The quantitative estimate of drug-likeness (QED) is 0.604. The first-order chi connectivity index (χ1) is 8.26. The number of para-hydroxylation sites is 1. The standard InChI is InChI=1S/C13H11N3O/c1-15-13(17)9(7-14)6-10-8-16-12-5-3-2-4-11(10)12/h2-6,8,16H,1H3,(H,15,17). The molecule has 1 heterocycles. The summed E-state index contributed by atoms with van der Waals surface area (Å²) < 4.78 is 0. The summed E-state index contributed by atoms with van der Waals surface area (Å²) in [6, 6.07) is 9.62. The number of nitriles is 1. The number of rotatable bonds is 2. The molecule has 84 valence electrons. The van der Waals surface area contributed by atoms with Gasteiger partial charge in [-0.05, 0) is 12.1 Å². The summed E-state index contributed by atoms with van der Waals surface area (Å²) >= 11 is 0. The Hall–Kier alpha value is -2.54. The van der Waals surface area contributed by atoms with Gasteiger partial charge in [-0.3, -0.25) is 4.79 Å². The van der Waals surface area contributed by atoms with Gasteiger partial charge in [0.1, 0.15) is 11.6 Å². The van der Waals surface area contributed by atoms with Crippen molar-refractivity contribution in [1.82, 2.24) is 10.3 Å². The zero-order valence-electron chi connectivity index (χ0n) is 9.32. The maximum atomic E-state index is 11.4. The Balaban J connectivity index is 2.51. The van der Waals surface area contributed by atoms with Gasteiger partial charge in [-0.15, -0.1) is 0 Å². The molecule has 1 aromatic heterocycles. The van der Waals surface area contributed by atoms with Crippen LogP contribution < -0.4 is 5.32 Å². The summed E-state index contributed by atoms with van der Waals surface area (Å²) in [4.78, 5) is 14.5. The minimum Gasteiger partial charge on any atom is -0.361 e. The van der Waals surface area contributed by atoms with E-state index in [9.17, 15) is 4.79 Å². The van der Waals surface area contributed by atoms with Gasteiger partial charge < -0.3 is 10.3 Å². The number of fused-ring (bicyclic) bond motifs is 1. The molecule has 2 aromatic rings. The van der Waals surface area contributed by atoms with Crippen LogP contribution in [-0.2, 0) is 4.79 Å². The summed E-state index contributed by atoms with van der Waals surface area (Å²) in [6.45, 7) is 0. The number of aromatic nitrogens is 1. The lowest BCUT2D eigenvalue weighted by atomic mass is 10.1. The second-order valence-electron chi connectivity index (χ2n) is 3.54. The van der Waals surface area contributed by atoms with Crippen molar-refractivity contribution in [2.75, 3.05) is 7.05 Å². The fraction of sp³-hybridized carbons (Fsp3) is 0.0769. The Bertz CT molecular complexity index is 631. The van der Waals surface area contributed by atoms with Crippen molar-refractivity contribution in [3.8, 4) is 6.07 Å². The molecule has 17 heavy (non-hydrogen) atoms. The van der Waals surface area contributed by atoms with Crippen molar-refractivity contribution in [2.24, 2.45) is 0 Å². The Morgan fingerprint density at radius 1 is 1.47 bits per heavy atom. The fourth-order valence-electron chi connectivity index (χ4n) is 1.65. The normalized spacial score (nSPS) is 11.2. The molecule has 0 saturated carbocycles. The molecule has 0 unspecified atom stereocenters. The maximum Gasteiger partial charge on any atom is 0.261 e. The van der Waals surface area contributed by atoms with E-state index in [2.05, 4.69) is 10.3 Å². The molecule has 0 aliphatic carbocycles. The predicted molar refractivity (Wildman–Crippen MR) is 66.0 cm³/mol. The average molecular weight is 225 g/mol. The van der Waals surface area contributed by atoms with E-state index in [0.717, 1.165) is 16.5 Å². The van der Waals surface area contributed by atoms with Crippen molar-refractivity contribution in [2.45, 2.75) is 0 Å². The Kier molecular flexibility index (Phi) is 2.93. The van der Waals surface area contributed by atoms with Crippen LogP contribution in [0.25, 0.3) is 17.0 Å². The van der Waals surface area contributed by atoms with E-state index in [1.807, 2.05) is 30.3 Å². The highest BCUT2D eigenvalue weighted by atomic mass is 16.1. The van der Waals surface area contributed by atoms with Gasteiger partial charge in [0.25, 0.3) is 5.91 Å². The number of carbonyl (C=O) groups excluding carboxylic acids is 1. The molecule has 1 amide bonds. The lowest BCUT2D eigenvalue weighted by Gasteiger charge is -1.96. The van der Waals surface area contributed by atoms with Crippen molar-refractivity contribution < 1.29 is 4.79 Å². The summed E-state index contributed by atoms with van der Waals surface area (Å²) in [5.41, 5.74) is 1.91. The van der Waals surface area contributed by atoms with Crippen molar-refractivity contribution >= 4 is 22.9 Å². The zero-order valence-corrected chi connectivity index (χ0v) is 9.32. The number of H-pyrrole nitrogens is 1. The molecular formula is C13H11N3O. The monoisotopic (exact) mass is 225 g/mol. The highest BCUT2D eigenvalue weighted by Gasteiger charge is 2.08. The second-order valence-corrected chi connectivity index (χ2v) is 3.54. The third-order valence-corrected chi connectivity index (χ3v) is 2.51. The first-order valence-corrected chi connectivity index (χ1v) is 5.16. The van der Waals surface area contributed by atoms with Crippen LogP contribution in [-0.4, -0.2) is 17.9 Å². The second kappa shape index (κ2) is 4.54. The first-order valence-electron chi connectivity index (χ1n) is 5.16. The van der Waals surface area contributed by atoms with Gasteiger partial charge in [-0.2, -0.15) is 5.26 Å². The number of carbonyl (C=O) groups is 1. The molecular weight excluding hydrogens is 214 g/mol. The lowest BCUT2D eigenvalue weighted by molar-refractivity contribution is -0.116. The molecule has 1 aromatic carbocycles. The number of amides is 1. The van der Waals surface area contributed by atoms with Crippen molar-refractivity contribution in [3.63, 3.8) is 0 Å². The minimum absolute atomic E-state index is 0.0947. The van der Waals surface area contributed by atoms with E-state index in [0.29, 0.717) is 0 Å². The van der Waals surface area contributed by atoms with Crippen LogP contribution in [0.4, 0.5) is 0 Å². The Morgan fingerprint density at radius 2 is 2.24 bits per heavy atom. The third kappa shape index (κ3) is 2.04. The number of hydrogen-bond acceptors (Lipinski definition) is 2. The highest BCUT2D eigenvalue weighted by Crippen LogP contribution is 2.20. The number of likely N-dealkylation sites (N-methyl/N-ethyl adjacent to an activating group) is 1. The molecule has 0 atom stereocenters. The molecule has 0 aliphatic rings. The van der Waals surface area contributed by atoms with Gasteiger partial charge in [0, 0.05) is 29.7 Å². The summed E-state index contributed by atoms with van der Waals surface area (Å²) in [5.74, 6) is -0.377. The van der Waals surface area contributed by atoms with Gasteiger partial charge in [0.15, 0.2) is 0 Å².